The van der Waals surface area contributed by atoms with E-state index in [1.807, 2.05) is 0 Å². The Morgan fingerprint density at radius 3 is 2.75 bits per heavy atom. The molecular weight excluding hydrogens is 353 g/mol. The second kappa shape index (κ2) is 6.51. The van der Waals surface area contributed by atoms with E-state index in [1.165, 1.54) is 6.07 Å². The van der Waals surface area contributed by atoms with Crippen LogP contribution in [0.1, 0.15) is 22.8 Å². The number of aliphatic hydroxyl groups is 1. The summed E-state index contributed by atoms with van der Waals surface area (Å²) in [5.41, 5.74) is -0.434. The molecule has 3 rings (SSSR count). The van der Waals surface area contributed by atoms with Gasteiger partial charge in [0.05, 0.1) is 17.1 Å². The fraction of sp³-hybridized carbons (Fsp3) is 0.235. The molecule has 24 heavy (non-hydrogen) atoms. The minimum Gasteiger partial charge on any atom is -0.454 e. The number of rotatable bonds is 4. The van der Waals surface area contributed by atoms with Crippen molar-refractivity contribution in [1.29, 1.82) is 0 Å². The van der Waals surface area contributed by atoms with Crippen molar-refractivity contribution >= 4 is 29.1 Å². The molecule has 1 aliphatic rings. The van der Waals surface area contributed by atoms with E-state index in [4.69, 9.17) is 32.7 Å². The number of ether oxygens (including phenoxy) is 2. The van der Waals surface area contributed by atoms with Crippen LogP contribution in [0.3, 0.4) is 0 Å². The molecule has 2 aromatic carbocycles. The third-order valence-corrected chi connectivity index (χ3v) is 4.33. The normalized spacial score (nSPS) is 15.0. The average molecular weight is 368 g/mol. The number of amides is 1. The van der Waals surface area contributed by atoms with Gasteiger partial charge in [-0.3, -0.25) is 4.79 Å². The SMILES string of the molecule is C[C@](O)(CNC(=O)c1cc(Cl)ccc1Cl)c1ccc2c(c1)OCO2. The average Bonchev–Trinajstić information content (AvgIpc) is 3.02. The molecule has 2 aromatic rings. The minimum absolute atomic E-state index is 0.00564. The van der Waals surface area contributed by atoms with Crippen molar-refractivity contribution in [3.8, 4) is 11.5 Å². The summed E-state index contributed by atoms with van der Waals surface area (Å²) in [6.07, 6.45) is 0. The molecule has 126 valence electrons. The second-order valence-corrected chi connectivity index (χ2v) is 6.49. The first-order valence-corrected chi connectivity index (χ1v) is 7.98. The van der Waals surface area contributed by atoms with Crippen molar-refractivity contribution in [2.24, 2.45) is 0 Å². The molecule has 0 aliphatic carbocycles. The zero-order chi connectivity index (χ0) is 17.3. The van der Waals surface area contributed by atoms with Gasteiger partial charge >= 0.3 is 0 Å². The van der Waals surface area contributed by atoms with E-state index in [9.17, 15) is 9.90 Å². The highest BCUT2D eigenvalue weighted by Crippen LogP contribution is 2.35. The Bertz CT molecular complexity index is 792. The molecular formula is C17H15Cl2NO4. The molecule has 1 atom stereocenters. The maximum absolute atomic E-state index is 12.3. The number of hydrogen-bond donors (Lipinski definition) is 2. The molecule has 0 saturated heterocycles. The predicted molar refractivity (Wildman–Crippen MR) is 90.9 cm³/mol. The second-order valence-electron chi connectivity index (χ2n) is 5.65. The van der Waals surface area contributed by atoms with Crippen LogP contribution in [-0.2, 0) is 5.60 Å². The van der Waals surface area contributed by atoms with Gasteiger partial charge in [-0.05, 0) is 42.8 Å². The van der Waals surface area contributed by atoms with Crippen LogP contribution >= 0.6 is 23.2 Å². The quantitative estimate of drug-likeness (QED) is 0.869. The van der Waals surface area contributed by atoms with E-state index in [-0.39, 0.29) is 18.9 Å². The van der Waals surface area contributed by atoms with Crippen LogP contribution in [0.5, 0.6) is 11.5 Å². The van der Waals surface area contributed by atoms with E-state index in [2.05, 4.69) is 5.32 Å². The molecule has 1 amide bonds. The first kappa shape index (κ1) is 16.9. The largest absolute Gasteiger partial charge is 0.454 e. The Labute approximate surface area is 149 Å². The Balaban J connectivity index is 1.73. The van der Waals surface area contributed by atoms with Crippen molar-refractivity contribution in [1.82, 2.24) is 5.32 Å². The number of hydrogen-bond acceptors (Lipinski definition) is 4. The van der Waals surface area contributed by atoms with Gasteiger partial charge < -0.3 is 19.9 Å². The number of carbonyl (C=O) groups excluding carboxylic acids is 1. The van der Waals surface area contributed by atoms with Crippen LogP contribution < -0.4 is 14.8 Å². The number of nitrogens with one attached hydrogen (secondary N) is 1. The van der Waals surface area contributed by atoms with Crippen molar-refractivity contribution in [2.75, 3.05) is 13.3 Å². The third-order valence-electron chi connectivity index (χ3n) is 3.76. The van der Waals surface area contributed by atoms with Gasteiger partial charge in [0.15, 0.2) is 11.5 Å². The third kappa shape index (κ3) is 3.43. The minimum atomic E-state index is -1.29. The van der Waals surface area contributed by atoms with Gasteiger partial charge in [-0.2, -0.15) is 0 Å². The molecule has 0 aromatic heterocycles. The highest BCUT2D eigenvalue weighted by atomic mass is 35.5. The van der Waals surface area contributed by atoms with Gasteiger partial charge in [-0.1, -0.05) is 29.3 Å². The molecule has 1 aliphatic heterocycles. The zero-order valence-electron chi connectivity index (χ0n) is 12.8. The van der Waals surface area contributed by atoms with Gasteiger partial charge in [0.2, 0.25) is 6.79 Å². The molecule has 7 heteroatoms. The number of fused-ring (bicyclic) bond motifs is 1. The van der Waals surface area contributed by atoms with E-state index < -0.39 is 11.5 Å². The van der Waals surface area contributed by atoms with Crippen LogP contribution in [0.15, 0.2) is 36.4 Å². The summed E-state index contributed by atoms with van der Waals surface area (Å²) in [4.78, 5) is 12.3. The van der Waals surface area contributed by atoms with Crippen molar-refractivity contribution in [2.45, 2.75) is 12.5 Å². The molecule has 0 spiro atoms. The van der Waals surface area contributed by atoms with Crippen molar-refractivity contribution in [3.05, 3.63) is 57.6 Å². The Morgan fingerprint density at radius 2 is 1.96 bits per heavy atom. The van der Waals surface area contributed by atoms with Crippen molar-refractivity contribution < 1.29 is 19.4 Å². The number of carbonyl (C=O) groups is 1. The zero-order valence-corrected chi connectivity index (χ0v) is 14.3. The summed E-state index contributed by atoms with van der Waals surface area (Å²) in [7, 11) is 0. The molecule has 5 nitrogen and oxygen atoms in total. The van der Waals surface area contributed by atoms with E-state index >= 15 is 0 Å². The molecule has 0 unspecified atom stereocenters. The summed E-state index contributed by atoms with van der Waals surface area (Å²) in [6, 6.07) is 9.78. The lowest BCUT2D eigenvalue weighted by atomic mass is 9.95. The fourth-order valence-corrected chi connectivity index (χ4v) is 2.73. The summed E-state index contributed by atoms with van der Waals surface area (Å²) in [5.74, 6) is 0.782. The smallest absolute Gasteiger partial charge is 0.252 e. The summed E-state index contributed by atoms with van der Waals surface area (Å²) in [5, 5.41) is 14.0. The van der Waals surface area contributed by atoms with Crippen LogP contribution in [0.2, 0.25) is 10.0 Å². The molecule has 2 N–H and O–H groups in total. The van der Waals surface area contributed by atoms with Crippen LogP contribution in [0.4, 0.5) is 0 Å². The van der Waals surface area contributed by atoms with Crippen molar-refractivity contribution in [3.63, 3.8) is 0 Å². The topological polar surface area (TPSA) is 67.8 Å². The fourth-order valence-electron chi connectivity index (χ4n) is 2.35. The first-order valence-electron chi connectivity index (χ1n) is 7.22. The maximum Gasteiger partial charge on any atom is 0.252 e. The van der Waals surface area contributed by atoms with E-state index in [0.29, 0.717) is 27.1 Å². The monoisotopic (exact) mass is 367 g/mol. The predicted octanol–water partition coefficient (Wildman–Crippen LogP) is 3.36. The molecule has 0 saturated carbocycles. The van der Waals surface area contributed by atoms with Gasteiger partial charge in [0.1, 0.15) is 5.60 Å². The highest BCUT2D eigenvalue weighted by molar-refractivity contribution is 6.35. The summed E-state index contributed by atoms with van der Waals surface area (Å²) >= 11 is 11.9. The van der Waals surface area contributed by atoms with Crippen LogP contribution in [0, 0.1) is 0 Å². The Morgan fingerprint density at radius 1 is 1.21 bits per heavy atom. The lowest BCUT2D eigenvalue weighted by molar-refractivity contribution is 0.0525. The standard InChI is InChI=1S/C17H15Cl2NO4/c1-17(22,10-2-5-14-15(6-10)24-9-23-14)8-20-16(21)12-7-11(18)3-4-13(12)19/h2-7,22H,8-9H2,1H3,(H,20,21)/t17-/m0/s1. The lowest BCUT2D eigenvalue weighted by Crippen LogP contribution is -2.38. The Hall–Kier alpha value is -1.95. The molecule has 0 bridgehead atoms. The number of benzene rings is 2. The molecule has 1 heterocycles. The van der Waals surface area contributed by atoms with E-state index in [1.54, 1.807) is 37.3 Å². The molecule has 0 fully saturated rings. The van der Waals surface area contributed by atoms with Gasteiger partial charge in [0.25, 0.3) is 5.91 Å². The maximum atomic E-state index is 12.3. The lowest BCUT2D eigenvalue weighted by Gasteiger charge is -2.24. The Kier molecular flexibility index (Phi) is 4.58. The van der Waals surface area contributed by atoms with Gasteiger partial charge in [-0.15, -0.1) is 0 Å². The van der Waals surface area contributed by atoms with E-state index in [0.717, 1.165) is 0 Å². The number of halogens is 2. The summed E-state index contributed by atoms with van der Waals surface area (Å²) in [6.45, 7) is 1.75. The highest BCUT2D eigenvalue weighted by Gasteiger charge is 2.27. The molecule has 0 radical (unpaired) electrons. The first-order chi connectivity index (χ1) is 11.4. The summed E-state index contributed by atoms with van der Waals surface area (Å²) < 4.78 is 10.6. The van der Waals surface area contributed by atoms with Crippen LogP contribution in [-0.4, -0.2) is 24.4 Å². The van der Waals surface area contributed by atoms with Gasteiger partial charge in [-0.25, -0.2) is 0 Å². The van der Waals surface area contributed by atoms with Crippen LogP contribution in [0.25, 0.3) is 0 Å². The van der Waals surface area contributed by atoms with Gasteiger partial charge in [0, 0.05) is 5.02 Å².